The molecule has 24 heavy (non-hydrogen) atoms. The Bertz CT molecular complexity index is 719. The van der Waals surface area contributed by atoms with Crippen LogP contribution >= 0.6 is 0 Å². The Balaban J connectivity index is 1.87. The van der Waals surface area contributed by atoms with E-state index in [4.69, 9.17) is 0 Å². The molecule has 2 atom stereocenters. The summed E-state index contributed by atoms with van der Waals surface area (Å²) in [5.74, 6) is -2.10. The van der Waals surface area contributed by atoms with Crippen LogP contribution in [0.15, 0.2) is 35.1 Å². The van der Waals surface area contributed by atoms with Crippen LogP contribution in [0.25, 0.3) is 0 Å². The van der Waals surface area contributed by atoms with Crippen LogP contribution < -0.4 is 5.32 Å². The van der Waals surface area contributed by atoms with Crippen LogP contribution in [-0.2, 0) is 0 Å². The molecule has 1 aromatic carbocycles. The van der Waals surface area contributed by atoms with Gasteiger partial charge in [-0.15, -0.1) is 0 Å². The number of aromatic nitrogens is 1. The summed E-state index contributed by atoms with van der Waals surface area (Å²) in [5, 5.41) is 6.56. The van der Waals surface area contributed by atoms with E-state index < -0.39 is 11.6 Å². The average Bonchev–Trinajstić information content (AvgIpc) is 3.19. The lowest BCUT2D eigenvalue weighted by atomic mass is 9.99. The van der Waals surface area contributed by atoms with Crippen molar-refractivity contribution < 1.29 is 18.1 Å². The van der Waals surface area contributed by atoms with Crippen molar-refractivity contribution in [1.82, 2.24) is 15.4 Å². The van der Waals surface area contributed by atoms with Gasteiger partial charge in [-0.1, -0.05) is 11.2 Å². The van der Waals surface area contributed by atoms with Gasteiger partial charge in [0, 0.05) is 18.7 Å². The summed E-state index contributed by atoms with van der Waals surface area (Å²) in [6.45, 7) is 4.83. The Morgan fingerprint density at radius 2 is 2.12 bits per heavy atom. The van der Waals surface area contributed by atoms with Gasteiger partial charge in [-0.3, -0.25) is 9.69 Å². The first kappa shape index (κ1) is 16.6. The number of hydrogen-bond donors (Lipinski definition) is 1. The minimum atomic E-state index is -0.885. The number of carbonyl (C=O) groups excluding carboxylic acids is 1. The van der Waals surface area contributed by atoms with Crippen LogP contribution in [0.3, 0.4) is 0 Å². The molecular weight excluding hydrogens is 316 g/mol. The summed E-state index contributed by atoms with van der Waals surface area (Å²) in [6, 6.07) is 5.14. The lowest BCUT2D eigenvalue weighted by Crippen LogP contribution is -2.41. The summed E-state index contributed by atoms with van der Waals surface area (Å²) >= 11 is 0. The number of hydrogen-bond acceptors (Lipinski definition) is 4. The molecule has 1 N–H and O–H groups in total. The molecule has 5 nitrogen and oxygen atoms in total. The number of halogens is 2. The SMILES string of the molecule is CC(C)N1CC[C@H](NC(=O)c2ccon2)[C@@H]1c1ccc(F)c(F)c1. The largest absolute Gasteiger partial charge is 0.364 e. The van der Waals surface area contributed by atoms with Crippen LogP contribution in [-0.4, -0.2) is 34.6 Å². The molecule has 1 amide bonds. The zero-order valence-electron chi connectivity index (χ0n) is 13.5. The molecule has 0 aliphatic carbocycles. The van der Waals surface area contributed by atoms with Gasteiger partial charge < -0.3 is 9.84 Å². The molecule has 0 spiro atoms. The lowest BCUT2D eigenvalue weighted by Gasteiger charge is -2.31. The molecule has 3 rings (SSSR count). The molecule has 0 saturated carbocycles. The first-order valence-corrected chi connectivity index (χ1v) is 7.89. The molecule has 0 unspecified atom stereocenters. The Kier molecular flexibility index (Phi) is 4.62. The summed E-state index contributed by atoms with van der Waals surface area (Å²) in [6.07, 6.45) is 2.04. The smallest absolute Gasteiger partial charge is 0.273 e. The van der Waals surface area contributed by atoms with Crippen molar-refractivity contribution in [1.29, 1.82) is 0 Å². The number of nitrogens with zero attached hydrogens (tertiary/aromatic N) is 2. The van der Waals surface area contributed by atoms with E-state index in [2.05, 4.69) is 19.9 Å². The van der Waals surface area contributed by atoms with E-state index in [9.17, 15) is 13.6 Å². The molecule has 1 aliphatic rings. The topological polar surface area (TPSA) is 58.4 Å². The Morgan fingerprint density at radius 1 is 1.33 bits per heavy atom. The van der Waals surface area contributed by atoms with Gasteiger partial charge in [0.25, 0.3) is 5.91 Å². The molecular formula is C17H19F2N3O2. The van der Waals surface area contributed by atoms with E-state index in [1.165, 1.54) is 18.4 Å². The van der Waals surface area contributed by atoms with Crippen molar-refractivity contribution in [3.05, 3.63) is 53.4 Å². The van der Waals surface area contributed by atoms with Gasteiger partial charge in [0.2, 0.25) is 0 Å². The predicted molar refractivity (Wildman–Crippen MR) is 83.3 cm³/mol. The number of amides is 1. The third-order valence-electron chi connectivity index (χ3n) is 4.37. The monoisotopic (exact) mass is 335 g/mol. The highest BCUT2D eigenvalue weighted by Gasteiger charge is 2.38. The van der Waals surface area contributed by atoms with Gasteiger partial charge in [-0.05, 0) is 38.0 Å². The molecule has 1 aliphatic heterocycles. The maximum absolute atomic E-state index is 13.7. The fourth-order valence-corrected chi connectivity index (χ4v) is 3.24. The predicted octanol–water partition coefficient (Wildman–Crippen LogP) is 2.91. The highest BCUT2D eigenvalue weighted by Crippen LogP contribution is 2.34. The quantitative estimate of drug-likeness (QED) is 0.933. The van der Waals surface area contributed by atoms with Gasteiger partial charge in [-0.2, -0.15) is 0 Å². The number of nitrogens with one attached hydrogen (secondary N) is 1. The van der Waals surface area contributed by atoms with Gasteiger partial charge in [0.15, 0.2) is 17.3 Å². The Hall–Kier alpha value is -2.28. The minimum Gasteiger partial charge on any atom is -0.364 e. The van der Waals surface area contributed by atoms with Crippen LogP contribution in [0.2, 0.25) is 0 Å². The highest BCUT2D eigenvalue weighted by molar-refractivity contribution is 5.92. The highest BCUT2D eigenvalue weighted by atomic mass is 19.2. The maximum atomic E-state index is 13.7. The van der Waals surface area contributed by atoms with Crippen molar-refractivity contribution >= 4 is 5.91 Å². The third kappa shape index (κ3) is 3.17. The van der Waals surface area contributed by atoms with E-state index in [1.807, 2.05) is 13.8 Å². The van der Waals surface area contributed by atoms with E-state index in [1.54, 1.807) is 6.07 Å². The maximum Gasteiger partial charge on any atom is 0.273 e. The van der Waals surface area contributed by atoms with Crippen LogP contribution in [0.4, 0.5) is 8.78 Å². The second kappa shape index (κ2) is 6.68. The molecule has 1 saturated heterocycles. The molecule has 2 aromatic rings. The van der Waals surface area contributed by atoms with Gasteiger partial charge >= 0.3 is 0 Å². The molecule has 7 heteroatoms. The van der Waals surface area contributed by atoms with Crippen molar-refractivity contribution in [3.8, 4) is 0 Å². The lowest BCUT2D eigenvalue weighted by molar-refractivity contribution is 0.0910. The Morgan fingerprint density at radius 3 is 2.75 bits per heavy atom. The molecule has 1 fully saturated rings. The van der Waals surface area contributed by atoms with Crippen molar-refractivity contribution in [2.75, 3.05) is 6.54 Å². The van der Waals surface area contributed by atoms with Gasteiger partial charge in [0.05, 0.1) is 12.1 Å². The van der Waals surface area contributed by atoms with Crippen molar-refractivity contribution in [2.45, 2.75) is 38.4 Å². The summed E-state index contributed by atoms with van der Waals surface area (Å²) in [7, 11) is 0. The number of benzene rings is 1. The minimum absolute atomic E-state index is 0.196. The normalized spacial score (nSPS) is 21.4. The van der Waals surface area contributed by atoms with Crippen molar-refractivity contribution in [3.63, 3.8) is 0 Å². The third-order valence-corrected chi connectivity index (χ3v) is 4.37. The average molecular weight is 335 g/mol. The summed E-state index contributed by atoms with van der Waals surface area (Å²) < 4.78 is 31.6. The first-order valence-electron chi connectivity index (χ1n) is 7.89. The fraction of sp³-hybridized carbons (Fsp3) is 0.412. The van der Waals surface area contributed by atoms with E-state index in [0.717, 1.165) is 12.6 Å². The van der Waals surface area contributed by atoms with Crippen LogP contribution in [0, 0.1) is 11.6 Å². The molecule has 128 valence electrons. The number of rotatable bonds is 4. The molecule has 0 bridgehead atoms. The molecule has 1 aromatic heterocycles. The molecule has 0 radical (unpaired) electrons. The van der Waals surface area contributed by atoms with Crippen LogP contribution in [0.1, 0.15) is 42.4 Å². The van der Waals surface area contributed by atoms with Gasteiger partial charge in [0.1, 0.15) is 6.26 Å². The zero-order valence-corrected chi connectivity index (χ0v) is 13.5. The van der Waals surface area contributed by atoms with E-state index in [0.29, 0.717) is 12.0 Å². The first-order chi connectivity index (χ1) is 11.5. The molecule has 2 heterocycles. The van der Waals surface area contributed by atoms with E-state index >= 15 is 0 Å². The zero-order chi connectivity index (χ0) is 17.3. The second-order valence-corrected chi connectivity index (χ2v) is 6.20. The fourth-order valence-electron chi connectivity index (χ4n) is 3.24. The van der Waals surface area contributed by atoms with Crippen LogP contribution in [0.5, 0.6) is 0 Å². The Labute approximate surface area is 138 Å². The second-order valence-electron chi connectivity index (χ2n) is 6.20. The summed E-state index contributed by atoms with van der Waals surface area (Å²) in [4.78, 5) is 14.4. The number of likely N-dealkylation sites (tertiary alicyclic amines) is 1. The van der Waals surface area contributed by atoms with Crippen molar-refractivity contribution in [2.24, 2.45) is 0 Å². The van der Waals surface area contributed by atoms with Gasteiger partial charge in [-0.25, -0.2) is 8.78 Å². The number of carbonyl (C=O) groups is 1. The van der Waals surface area contributed by atoms with E-state index in [-0.39, 0.29) is 29.7 Å². The summed E-state index contributed by atoms with van der Waals surface area (Å²) in [5.41, 5.74) is 0.840. The standard InChI is InChI=1S/C17H19F2N3O2/c1-10(2)22-7-5-14(20-17(23)15-6-8-24-21-15)16(22)11-3-4-12(18)13(19)9-11/h3-4,6,8-10,14,16H,5,7H2,1-2H3,(H,20,23)/t14-,16-/m0/s1.